The quantitative estimate of drug-likeness (QED) is 0.464. The van der Waals surface area contributed by atoms with E-state index in [-0.39, 0.29) is 24.0 Å². The Morgan fingerprint density at radius 1 is 1.29 bits per heavy atom. The van der Waals surface area contributed by atoms with E-state index in [0.29, 0.717) is 0 Å². The maximum Gasteiger partial charge on any atom is 0.195 e. The first-order valence-electron chi connectivity index (χ1n) is 5.38. The number of aromatic nitrogens is 2. The Balaban J connectivity index is 0.00000256. The molecule has 98 valence electrons. The molecule has 1 heterocycles. The SMILES string of the molecule is CN(C)C(=NCCc1ccnn1C)N(C)C.I. The lowest BCUT2D eigenvalue weighted by Gasteiger charge is -2.22. The van der Waals surface area contributed by atoms with Crippen LogP contribution in [0.25, 0.3) is 0 Å². The fraction of sp³-hybridized carbons (Fsp3) is 0.636. The standard InChI is InChI=1S/C11H21N5.HI/c1-14(2)11(15(3)4)12-8-6-10-7-9-13-16(10)5;/h7,9H,6,8H2,1-5H3;1H. The van der Waals surface area contributed by atoms with Crippen LogP contribution in [-0.2, 0) is 13.5 Å². The first-order chi connectivity index (χ1) is 7.52. The molecular formula is C11H22IN5. The summed E-state index contributed by atoms with van der Waals surface area (Å²) < 4.78 is 1.89. The van der Waals surface area contributed by atoms with Crippen LogP contribution in [0.15, 0.2) is 17.3 Å². The highest BCUT2D eigenvalue weighted by molar-refractivity contribution is 14.0. The molecule has 0 aliphatic heterocycles. The predicted molar refractivity (Wildman–Crippen MR) is 82.0 cm³/mol. The molecule has 0 aromatic carbocycles. The maximum atomic E-state index is 4.57. The van der Waals surface area contributed by atoms with Crippen LogP contribution in [0.2, 0.25) is 0 Å². The molecule has 0 unspecified atom stereocenters. The van der Waals surface area contributed by atoms with Crippen molar-refractivity contribution in [2.75, 3.05) is 34.7 Å². The van der Waals surface area contributed by atoms with Gasteiger partial charge in [-0.2, -0.15) is 5.10 Å². The summed E-state index contributed by atoms with van der Waals surface area (Å²) >= 11 is 0. The first kappa shape index (κ1) is 16.2. The molecule has 0 aliphatic rings. The van der Waals surface area contributed by atoms with Crippen molar-refractivity contribution in [3.8, 4) is 0 Å². The molecule has 0 saturated heterocycles. The lowest BCUT2D eigenvalue weighted by molar-refractivity contribution is 0.479. The minimum atomic E-state index is 0. The molecule has 1 rings (SSSR count). The van der Waals surface area contributed by atoms with Crippen molar-refractivity contribution in [3.63, 3.8) is 0 Å². The van der Waals surface area contributed by atoms with Gasteiger partial charge in [-0.15, -0.1) is 24.0 Å². The Morgan fingerprint density at radius 3 is 2.29 bits per heavy atom. The molecule has 0 radical (unpaired) electrons. The highest BCUT2D eigenvalue weighted by Crippen LogP contribution is 1.98. The topological polar surface area (TPSA) is 36.7 Å². The Bertz CT molecular complexity index is 346. The second-order valence-electron chi connectivity index (χ2n) is 4.17. The molecule has 17 heavy (non-hydrogen) atoms. The Labute approximate surface area is 121 Å². The molecular weight excluding hydrogens is 329 g/mol. The fourth-order valence-electron chi connectivity index (χ4n) is 1.60. The van der Waals surface area contributed by atoms with Crippen molar-refractivity contribution in [1.82, 2.24) is 19.6 Å². The smallest absolute Gasteiger partial charge is 0.195 e. The second-order valence-corrected chi connectivity index (χ2v) is 4.17. The van der Waals surface area contributed by atoms with Gasteiger partial charge in [0.2, 0.25) is 0 Å². The van der Waals surface area contributed by atoms with Crippen LogP contribution in [0.4, 0.5) is 0 Å². The minimum Gasteiger partial charge on any atom is -0.349 e. The van der Waals surface area contributed by atoms with E-state index in [1.54, 1.807) is 0 Å². The Morgan fingerprint density at radius 2 is 1.88 bits per heavy atom. The summed E-state index contributed by atoms with van der Waals surface area (Å²) in [5.41, 5.74) is 1.21. The molecule has 0 bridgehead atoms. The molecule has 1 aromatic heterocycles. The third-order valence-corrected chi connectivity index (χ3v) is 2.34. The van der Waals surface area contributed by atoms with Crippen LogP contribution < -0.4 is 0 Å². The average molecular weight is 351 g/mol. The number of nitrogens with zero attached hydrogens (tertiary/aromatic N) is 5. The van der Waals surface area contributed by atoms with E-state index in [1.807, 2.05) is 62.0 Å². The van der Waals surface area contributed by atoms with E-state index in [9.17, 15) is 0 Å². The molecule has 0 N–H and O–H groups in total. The van der Waals surface area contributed by atoms with Crippen molar-refractivity contribution in [2.45, 2.75) is 6.42 Å². The van der Waals surface area contributed by atoms with Crippen LogP contribution >= 0.6 is 24.0 Å². The van der Waals surface area contributed by atoms with Crippen molar-refractivity contribution >= 4 is 29.9 Å². The molecule has 0 spiro atoms. The third-order valence-electron chi connectivity index (χ3n) is 2.34. The summed E-state index contributed by atoms with van der Waals surface area (Å²) in [4.78, 5) is 8.60. The highest BCUT2D eigenvalue weighted by Gasteiger charge is 2.04. The van der Waals surface area contributed by atoms with Gasteiger partial charge in [-0.3, -0.25) is 9.67 Å². The van der Waals surface area contributed by atoms with Gasteiger partial charge in [-0.25, -0.2) is 0 Å². The fourth-order valence-corrected chi connectivity index (χ4v) is 1.60. The molecule has 0 atom stereocenters. The van der Waals surface area contributed by atoms with Crippen LogP contribution in [0.1, 0.15) is 5.69 Å². The van der Waals surface area contributed by atoms with Gasteiger partial charge in [0.1, 0.15) is 0 Å². The van der Waals surface area contributed by atoms with Gasteiger partial charge >= 0.3 is 0 Å². The number of hydrogen-bond acceptors (Lipinski definition) is 2. The summed E-state index contributed by atoms with van der Waals surface area (Å²) in [5, 5.41) is 4.13. The predicted octanol–water partition coefficient (Wildman–Crippen LogP) is 1.06. The molecule has 0 fully saturated rings. The monoisotopic (exact) mass is 351 g/mol. The summed E-state index contributed by atoms with van der Waals surface area (Å²) in [6.07, 6.45) is 2.74. The minimum absolute atomic E-state index is 0. The molecule has 0 amide bonds. The van der Waals surface area contributed by atoms with E-state index in [0.717, 1.165) is 18.9 Å². The lowest BCUT2D eigenvalue weighted by Crippen LogP contribution is -2.35. The zero-order valence-electron chi connectivity index (χ0n) is 11.2. The summed E-state index contributed by atoms with van der Waals surface area (Å²) in [7, 11) is 9.97. The van der Waals surface area contributed by atoms with Crippen LogP contribution in [-0.4, -0.2) is 60.3 Å². The van der Waals surface area contributed by atoms with Gasteiger partial charge in [0, 0.05) is 60.1 Å². The van der Waals surface area contributed by atoms with Gasteiger partial charge < -0.3 is 9.80 Å². The molecule has 5 nitrogen and oxygen atoms in total. The van der Waals surface area contributed by atoms with Crippen LogP contribution in [0.3, 0.4) is 0 Å². The first-order valence-corrected chi connectivity index (χ1v) is 5.38. The Hall–Kier alpha value is -0.790. The van der Waals surface area contributed by atoms with Crippen molar-refractivity contribution in [1.29, 1.82) is 0 Å². The lowest BCUT2D eigenvalue weighted by atomic mass is 10.3. The summed E-state index contributed by atoms with van der Waals surface area (Å²) in [5.74, 6) is 0.988. The average Bonchev–Trinajstić information content (AvgIpc) is 2.57. The Kier molecular flexibility index (Phi) is 7.17. The van der Waals surface area contributed by atoms with Gasteiger partial charge in [-0.1, -0.05) is 0 Å². The molecule has 0 aliphatic carbocycles. The van der Waals surface area contributed by atoms with Gasteiger partial charge in [0.05, 0.1) is 0 Å². The molecule has 1 aromatic rings. The number of rotatable bonds is 3. The van der Waals surface area contributed by atoms with Crippen LogP contribution in [0.5, 0.6) is 0 Å². The third kappa shape index (κ3) is 4.93. The molecule has 0 saturated carbocycles. The van der Waals surface area contributed by atoms with Gasteiger partial charge in [0.25, 0.3) is 0 Å². The number of aryl methyl sites for hydroxylation is 1. The van der Waals surface area contributed by atoms with Crippen molar-refractivity contribution in [3.05, 3.63) is 18.0 Å². The van der Waals surface area contributed by atoms with E-state index >= 15 is 0 Å². The number of hydrogen-bond donors (Lipinski definition) is 0. The van der Waals surface area contributed by atoms with E-state index in [2.05, 4.69) is 10.1 Å². The zero-order chi connectivity index (χ0) is 12.1. The summed E-state index contributed by atoms with van der Waals surface area (Å²) in [6, 6.07) is 2.03. The van der Waals surface area contributed by atoms with E-state index < -0.39 is 0 Å². The van der Waals surface area contributed by atoms with Crippen molar-refractivity contribution in [2.24, 2.45) is 12.0 Å². The van der Waals surface area contributed by atoms with Crippen molar-refractivity contribution < 1.29 is 0 Å². The van der Waals surface area contributed by atoms with Gasteiger partial charge in [-0.05, 0) is 6.07 Å². The number of halogens is 1. The molecule has 6 heteroatoms. The van der Waals surface area contributed by atoms with E-state index in [1.165, 1.54) is 5.69 Å². The highest BCUT2D eigenvalue weighted by atomic mass is 127. The maximum absolute atomic E-state index is 4.57. The number of guanidine groups is 1. The van der Waals surface area contributed by atoms with Gasteiger partial charge in [0.15, 0.2) is 5.96 Å². The normalized spacial score (nSPS) is 9.47. The summed E-state index contributed by atoms with van der Waals surface area (Å²) in [6.45, 7) is 0.783. The second kappa shape index (κ2) is 7.52. The van der Waals surface area contributed by atoms with E-state index in [4.69, 9.17) is 0 Å². The largest absolute Gasteiger partial charge is 0.349 e. The van der Waals surface area contributed by atoms with Crippen LogP contribution in [0, 0.1) is 0 Å². The number of aliphatic imine (C=N–C) groups is 1. The zero-order valence-corrected chi connectivity index (χ0v) is 13.5.